The van der Waals surface area contributed by atoms with Crippen LogP contribution in [0.5, 0.6) is 0 Å². The van der Waals surface area contributed by atoms with E-state index in [0.717, 1.165) is 16.6 Å². The van der Waals surface area contributed by atoms with Crippen LogP contribution < -0.4 is 5.32 Å². The maximum Gasteiger partial charge on any atom is 0.234 e. The molecule has 1 aromatic heterocycles. The first-order valence-corrected chi connectivity index (χ1v) is 8.02. The number of fused-ring (bicyclic) bond motifs is 1. The van der Waals surface area contributed by atoms with E-state index in [0.29, 0.717) is 10.6 Å². The molecule has 0 unspecified atom stereocenters. The molecule has 3 rings (SSSR count). The van der Waals surface area contributed by atoms with Gasteiger partial charge in [-0.3, -0.25) is 4.79 Å². The summed E-state index contributed by atoms with van der Waals surface area (Å²) < 4.78 is 0. The second-order valence-electron chi connectivity index (χ2n) is 4.85. The van der Waals surface area contributed by atoms with Crippen LogP contribution in [0, 0.1) is 11.3 Å². The molecule has 0 aliphatic rings. The minimum absolute atomic E-state index is 0.125. The maximum absolute atomic E-state index is 12.0. The van der Waals surface area contributed by atoms with Gasteiger partial charge in [0.15, 0.2) is 0 Å². The third-order valence-electron chi connectivity index (χ3n) is 3.21. The van der Waals surface area contributed by atoms with Crippen molar-refractivity contribution in [1.29, 1.82) is 5.26 Å². The van der Waals surface area contributed by atoms with Crippen molar-refractivity contribution in [2.45, 2.75) is 5.03 Å². The highest BCUT2D eigenvalue weighted by atomic mass is 32.2. The van der Waals surface area contributed by atoms with Gasteiger partial charge in [0.1, 0.15) is 11.1 Å². The normalized spacial score (nSPS) is 10.2. The lowest BCUT2D eigenvalue weighted by molar-refractivity contribution is -0.113. The van der Waals surface area contributed by atoms with Gasteiger partial charge < -0.3 is 5.32 Å². The molecule has 0 atom stereocenters. The Morgan fingerprint density at radius 2 is 1.87 bits per heavy atom. The Labute approximate surface area is 138 Å². The van der Waals surface area contributed by atoms with E-state index in [4.69, 9.17) is 0 Å². The first-order chi connectivity index (χ1) is 11.3. The zero-order valence-electron chi connectivity index (χ0n) is 12.2. The number of para-hydroxylation sites is 2. The molecule has 4 nitrogen and oxygen atoms in total. The lowest BCUT2D eigenvalue weighted by atomic mass is 10.2. The van der Waals surface area contributed by atoms with Crippen LogP contribution in [-0.2, 0) is 4.79 Å². The molecule has 0 spiro atoms. The van der Waals surface area contributed by atoms with Crippen molar-refractivity contribution in [3.8, 4) is 6.07 Å². The van der Waals surface area contributed by atoms with Crippen molar-refractivity contribution in [1.82, 2.24) is 4.98 Å². The van der Waals surface area contributed by atoms with Crippen molar-refractivity contribution in [2.75, 3.05) is 11.1 Å². The van der Waals surface area contributed by atoms with Crippen molar-refractivity contribution < 1.29 is 4.79 Å². The second-order valence-corrected chi connectivity index (χ2v) is 5.81. The van der Waals surface area contributed by atoms with Crippen LogP contribution in [0.3, 0.4) is 0 Å². The lowest BCUT2D eigenvalue weighted by Crippen LogP contribution is -2.14. The Kier molecular flexibility index (Phi) is 4.55. The number of pyridine rings is 1. The predicted octanol–water partition coefficient (Wildman–Crippen LogP) is 3.84. The molecule has 0 fully saturated rings. The van der Waals surface area contributed by atoms with Crippen molar-refractivity contribution >= 4 is 34.3 Å². The summed E-state index contributed by atoms with van der Waals surface area (Å²) in [7, 11) is 0. The summed E-state index contributed by atoms with van der Waals surface area (Å²) in [5.41, 5.74) is 2.06. The third kappa shape index (κ3) is 3.68. The number of hydrogen-bond acceptors (Lipinski definition) is 4. The summed E-state index contributed by atoms with van der Waals surface area (Å²) in [5.74, 6) is 0.0783. The van der Waals surface area contributed by atoms with Gasteiger partial charge in [-0.2, -0.15) is 5.26 Å². The van der Waals surface area contributed by atoms with Gasteiger partial charge in [0.05, 0.1) is 16.8 Å². The summed E-state index contributed by atoms with van der Waals surface area (Å²) >= 11 is 1.27. The van der Waals surface area contributed by atoms with E-state index < -0.39 is 0 Å². The van der Waals surface area contributed by atoms with Gasteiger partial charge in [0.2, 0.25) is 5.91 Å². The van der Waals surface area contributed by atoms with Gasteiger partial charge in [-0.1, -0.05) is 48.2 Å². The van der Waals surface area contributed by atoms with Gasteiger partial charge in [-0.15, -0.1) is 0 Å². The van der Waals surface area contributed by atoms with Crippen LogP contribution in [0.2, 0.25) is 0 Å². The van der Waals surface area contributed by atoms with E-state index in [1.165, 1.54) is 11.8 Å². The SMILES string of the molecule is N#Cc1cc2ccccc2nc1SCC(=O)Nc1ccccc1. The van der Waals surface area contributed by atoms with E-state index in [1.807, 2.05) is 54.6 Å². The molecule has 0 aliphatic heterocycles. The molecule has 3 aromatic rings. The van der Waals surface area contributed by atoms with Gasteiger partial charge in [0, 0.05) is 11.1 Å². The number of benzene rings is 2. The van der Waals surface area contributed by atoms with Crippen LogP contribution in [0.25, 0.3) is 10.9 Å². The standard InChI is InChI=1S/C18H13N3OS/c19-11-14-10-13-6-4-5-9-16(13)21-18(14)23-12-17(22)20-15-7-2-1-3-8-15/h1-10H,12H2,(H,20,22). The minimum Gasteiger partial charge on any atom is -0.325 e. The molecule has 1 amide bonds. The molecule has 0 saturated carbocycles. The molecular formula is C18H13N3OS. The highest BCUT2D eigenvalue weighted by Gasteiger charge is 2.10. The van der Waals surface area contributed by atoms with E-state index >= 15 is 0 Å². The van der Waals surface area contributed by atoms with Crippen LogP contribution in [0.15, 0.2) is 65.7 Å². The van der Waals surface area contributed by atoms with Crippen LogP contribution in [-0.4, -0.2) is 16.6 Å². The molecule has 1 N–H and O–H groups in total. The highest BCUT2D eigenvalue weighted by molar-refractivity contribution is 8.00. The minimum atomic E-state index is -0.125. The third-order valence-corrected chi connectivity index (χ3v) is 4.20. The van der Waals surface area contributed by atoms with Crippen molar-refractivity contribution in [3.05, 3.63) is 66.2 Å². The van der Waals surface area contributed by atoms with Gasteiger partial charge in [-0.05, 0) is 24.3 Å². The summed E-state index contributed by atoms with van der Waals surface area (Å²) in [6.45, 7) is 0. The smallest absolute Gasteiger partial charge is 0.234 e. The van der Waals surface area contributed by atoms with Crippen LogP contribution in [0.1, 0.15) is 5.56 Å². The fourth-order valence-corrected chi connectivity index (χ4v) is 2.90. The summed E-state index contributed by atoms with van der Waals surface area (Å²) in [4.78, 5) is 16.5. The summed E-state index contributed by atoms with van der Waals surface area (Å²) in [5, 5.41) is 13.6. The van der Waals surface area contributed by atoms with Crippen LogP contribution >= 0.6 is 11.8 Å². The largest absolute Gasteiger partial charge is 0.325 e. The number of anilines is 1. The predicted molar refractivity (Wildman–Crippen MR) is 92.3 cm³/mol. The number of amides is 1. The molecule has 112 valence electrons. The van der Waals surface area contributed by atoms with Crippen molar-refractivity contribution in [2.24, 2.45) is 0 Å². The Balaban J connectivity index is 1.74. The average Bonchev–Trinajstić information content (AvgIpc) is 2.60. The number of nitrogens with one attached hydrogen (secondary N) is 1. The summed E-state index contributed by atoms with van der Waals surface area (Å²) in [6.07, 6.45) is 0. The van der Waals surface area contributed by atoms with E-state index in [9.17, 15) is 10.1 Å². The number of carbonyl (C=O) groups is 1. The number of nitrogens with zero attached hydrogens (tertiary/aromatic N) is 2. The molecule has 0 saturated heterocycles. The molecule has 2 aromatic carbocycles. The maximum atomic E-state index is 12.0. The monoisotopic (exact) mass is 319 g/mol. The highest BCUT2D eigenvalue weighted by Crippen LogP contribution is 2.24. The first-order valence-electron chi connectivity index (χ1n) is 7.04. The topological polar surface area (TPSA) is 65.8 Å². The lowest BCUT2D eigenvalue weighted by Gasteiger charge is -2.07. The van der Waals surface area contributed by atoms with E-state index in [2.05, 4.69) is 16.4 Å². The van der Waals surface area contributed by atoms with E-state index in [1.54, 1.807) is 6.07 Å². The molecule has 23 heavy (non-hydrogen) atoms. The Morgan fingerprint density at radius 3 is 2.65 bits per heavy atom. The summed E-state index contributed by atoms with van der Waals surface area (Å²) in [6, 6.07) is 20.8. The number of hydrogen-bond donors (Lipinski definition) is 1. The number of carbonyl (C=O) groups excluding carboxylic acids is 1. The average molecular weight is 319 g/mol. The fourth-order valence-electron chi connectivity index (χ4n) is 2.14. The zero-order valence-corrected chi connectivity index (χ0v) is 13.0. The molecule has 0 aliphatic carbocycles. The van der Waals surface area contributed by atoms with Gasteiger partial charge >= 0.3 is 0 Å². The number of thioether (sulfide) groups is 1. The number of nitriles is 1. The number of aromatic nitrogens is 1. The fraction of sp³-hybridized carbons (Fsp3) is 0.0556. The molecule has 0 radical (unpaired) electrons. The number of rotatable bonds is 4. The van der Waals surface area contributed by atoms with Gasteiger partial charge in [-0.25, -0.2) is 4.98 Å². The second kappa shape index (κ2) is 6.95. The Bertz CT molecular complexity index is 888. The Hall–Kier alpha value is -2.84. The zero-order chi connectivity index (χ0) is 16.1. The van der Waals surface area contributed by atoms with E-state index in [-0.39, 0.29) is 11.7 Å². The van der Waals surface area contributed by atoms with Crippen LogP contribution in [0.4, 0.5) is 5.69 Å². The molecular weight excluding hydrogens is 306 g/mol. The first kappa shape index (κ1) is 15.1. The van der Waals surface area contributed by atoms with Crippen molar-refractivity contribution in [3.63, 3.8) is 0 Å². The molecule has 5 heteroatoms. The Morgan fingerprint density at radius 1 is 1.13 bits per heavy atom. The molecule has 1 heterocycles. The van der Waals surface area contributed by atoms with Gasteiger partial charge in [0.25, 0.3) is 0 Å². The quantitative estimate of drug-likeness (QED) is 0.742. The molecule has 0 bridgehead atoms.